The molecule has 1 amide bonds. The van der Waals surface area contributed by atoms with Crippen molar-refractivity contribution >= 4 is 28.2 Å². The number of halogens is 3. The minimum absolute atomic E-state index is 0.169. The second-order valence-corrected chi connectivity index (χ2v) is 12.8. The molecule has 0 unspecified atom stereocenters. The minimum atomic E-state index is -4.40. The van der Waals surface area contributed by atoms with Crippen LogP contribution in [0.15, 0.2) is 42.5 Å². The fourth-order valence-corrected chi connectivity index (χ4v) is 7.30. The number of carbonyl (C=O) groups is 1. The monoisotopic (exact) mass is 637 g/mol. The molecule has 3 heterocycles. The fraction of sp³-hybridized carbons (Fsp3) is 0.514. The second kappa shape index (κ2) is 13.5. The van der Waals surface area contributed by atoms with Gasteiger partial charge in [0.05, 0.1) is 37.2 Å². The maximum Gasteiger partial charge on any atom is 0.406 e. The number of hydrogen-bond donors (Lipinski definition) is 3. The minimum Gasteiger partial charge on any atom is -0.495 e. The van der Waals surface area contributed by atoms with Crippen LogP contribution in [0.25, 0.3) is 10.9 Å². The number of alkyl halides is 3. The molecule has 11 heteroatoms. The lowest BCUT2D eigenvalue weighted by atomic mass is 9.73. The Labute approximate surface area is 268 Å². The lowest BCUT2D eigenvalue weighted by Crippen LogP contribution is -2.63. The Morgan fingerprint density at radius 2 is 1.91 bits per heavy atom. The lowest BCUT2D eigenvalue weighted by molar-refractivity contribution is -0.140. The Balaban J connectivity index is 1.13. The van der Waals surface area contributed by atoms with Crippen LogP contribution >= 0.6 is 0 Å². The van der Waals surface area contributed by atoms with Crippen LogP contribution in [0.2, 0.25) is 0 Å². The van der Waals surface area contributed by atoms with E-state index in [9.17, 15) is 18.0 Å². The number of methoxy groups -OCH3 is 1. The van der Waals surface area contributed by atoms with Crippen LogP contribution in [0.1, 0.15) is 54.6 Å². The normalized spacial score (nSPS) is 21.2. The number of rotatable bonds is 8. The molecule has 2 aromatic carbocycles. The molecule has 0 radical (unpaired) electrons. The maximum absolute atomic E-state index is 13.7. The van der Waals surface area contributed by atoms with Crippen LogP contribution < -0.4 is 20.7 Å². The summed E-state index contributed by atoms with van der Waals surface area (Å²) < 4.78 is 53.5. The molecule has 1 aromatic heterocycles. The number of amides is 1. The van der Waals surface area contributed by atoms with Crippen molar-refractivity contribution in [1.29, 1.82) is 0 Å². The quantitative estimate of drug-likeness (QED) is 0.268. The van der Waals surface area contributed by atoms with Gasteiger partial charge in [0, 0.05) is 60.9 Å². The van der Waals surface area contributed by atoms with Crippen LogP contribution in [0, 0.1) is 17.3 Å². The smallest absolute Gasteiger partial charge is 0.406 e. The summed E-state index contributed by atoms with van der Waals surface area (Å²) >= 11 is 0. The summed E-state index contributed by atoms with van der Waals surface area (Å²) in [6, 6.07) is 13.1. The van der Waals surface area contributed by atoms with Gasteiger partial charge in [0.25, 0.3) is 5.91 Å². The molecular weight excluding hydrogens is 595 g/mol. The summed E-state index contributed by atoms with van der Waals surface area (Å²) in [6.07, 6.45) is 2.31. The van der Waals surface area contributed by atoms with E-state index < -0.39 is 12.7 Å². The first-order chi connectivity index (χ1) is 22.2. The van der Waals surface area contributed by atoms with Crippen molar-refractivity contribution in [2.75, 3.05) is 57.6 Å². The first-order valence-corrected chi connectivity index (χ1v) is 16.1. The van der Waals surface area contributed by atoms with Gasteiger partial charge in [-0.15, -0.1) is 0 Å². The van der Waals surface area contributed by atoms with Gasteiger partial charge in [-0.1, -0.05) is 12.0 Å². The summed E-state index contributed by atoms with van der Waals surface area (Å²) in [7, 11) is 3.05. The summed E-state index contributed by atoms with van der Waals surface area (Å²) in [4.78, 5) is 14.6. The second-order valence-electron chi connectivity index (χ2n) is 12.8. The van der Waals surface area contributed by atoms with E-state index in [1.807, 2.05) is 12.1 Å². The number of nitrogens with one attached hydrogen (secondary N) is 3. The van der Waals surface area contributed by atoms with E-state index in [-0.39, 0.29) is 18.5 Å². The number of fused-ring (bicyclic) bond motifs is 1. The van der Waals surface area contributed by atoms with Crippen molar-refractivity contribution in [1.82, 2.24) is 14.8 Å². The van der Waals surface area contributed by atoms with Gasteiger partial charge in [-0.25, -0.2) is 0 Å². The average molecular weight is 638 g/mol. The Hall–Kier alpha value is -3.88. The molecule has 1 saturated carbocycles. The molecule has 246 valence electrons. The molecule has 3 N–H and O–H groups in total. The van der Waals surface area contributed by atoms with Crippen LogP contribution in [0.5, 0.6) is 5.75 Å². The molecule has 2 saturated heterocycles. The van der Waals surface area contributed by atoms with Crippen molar-refractivity contribution in [2.45, 2.75) is 63.3 Å². The molecule has 0 atom stereocenters. The van der Waals surface area contributed by atoms with Crippen molar-refractivity contribution in [2.24, 2.45) is 5.41 Å². The van der Waals surface area contributed by atoms with Gasteiger partial charge in [0.1, 0.15) is 12.3 Å². The number of carbonyl (C=O) groups excluding carboxylic acids is 1. The van der Waals surface area contributed by atoms with Gasteiger partial charge < -0.3 is 30.0 Å². The van der Waals surface area contributed by atoms with E-state index in [4.69, 9.17) is 9.47 Å². The Morgan fingerprint density at radius 3 is 2.61 bits per heavy atom. The SMILES string of the molecule is CNC(=O)c1ccc(NCC#Cc2cc3c(N[C@H]4CC[C@H](N5CC6(CCCOC6)C5)CC4)cccc3n2CC(F)(F)F)c(OC)c1. The van der Waals surface area contributed by atoms with Gasteiger partial charge in [-0.3, -0.25) is 9.69 Å². The fourth-order valence-electron chi connectivity index (χ4n) is 7.30. The van der Waals surface area contributed by atoms with Gasteiger partial charge in [0.15, 0.2) is 0 Å². The van der Waals surface area contributed by atoms with Crippen LogP contribution in [0.4, 0.5) is 24.5 Å². The van der Waals surface area contributed by atoms with E-state index in [1.54, 1.807) is 37.4 Å². The van der Waals surface area contributed by atoms with E-state index in [2.05, 4.69) is 32.7 Å². The Morgan fingerprint density at radius 1 is 1.11 bits per heavy atom. The highest BCUT2D eigenvalue weighted by Crippen LogP contribution is 2.42. The van der Waals surface area contributed by atoms with Crippen LogP contribution in [-0.4, -0.2) is 80.6 Å². The zero-order valence-corrected chi connectivity index (χ0v) is 26.4. The number of anilines is 2. The topological polar surface area (TPSA) is 79.8 Å². The van der Waals surface area contributed by atoms with E-state index in [0.717, 1.165) is 69.5 Å². The zero-order valence-electron chi connectivity index (χ0n) is 26.4. The molecule has 3 aliphatic rings. The van der Waals surface area contributed by atoms with Crippen molar-refractivity contribution in [3.63, 3.8) is 0 Å². The largest absolute Gasteiger partial charge is 0.495 e. The first-order valence-electron chi connectivity index (χ1n) is 16.1. The third kappa shape index (κ3) is 7.08. The van der Waals surface area contributed by atoms with Crippen molar-refractivity contribution < 1.29 is 27.4 Å². The van der Waals surface area contributed by atoms with Gasteiger partial charge in [-0.05, 0) is 80.8 Å². The van der Waals surface area contributed by atoms with Gasteiger partial charge >= 0.3 is 6.18 Å². The molecule has 0 bridgehead atoms. The number of aromatic nitrogens is 1. The van der Waals surface area contributed by atoms with Gasteiger partial charge in [-0.2, -0.15) is 13.2 Å². The summed E-state index contributed by atoms with van der Waals surface area (Å²) in [5.74, 6) is 6.16. The van der Waals surface area contributed by atoms with E-state index in [0.29, 0.717) is 39.7 Å². The Kier molecular flexibility index (Phi) is 9.39. The highest BCUT2D eigenvalue weighted by molar-refractivity contribution is 5.95. The van der Waals surface area contributed by atoms with Crippen LogP contribution in [0.3, 0.4) is 0 Å². The first kappa shape index (κ1) is 32.1. The number of nitrogens with zero attached hydrogens (tertiary/aromatic N) is 2. The van der Waals surface area contributed by atoms with Crippen molar-refractivity contribution in [3.8, 4) is 17.6 Å². The van der Waals surface area contributed by atoms with Gasteiger partial charge in [0.2, 0.25) is 0 Å². The average Bonchev–Trinajstić information content (AvgIpc) is 3.38. The predicted molar refractivity (Wildman–Crippen MR) is 173 cm³/mol. The van der Waals surface area contributed by atoms with E-state index in [1.165, 1.54) is 18.1 Å². The molecule has 8 nitrogen and oxygen atoms in total. The van der Waals surface area contributed by atoms with Crippen LogP contribution in [-0.2, 0) is 11.3 Å². The molecule has 1 aliphatic carbocycles. The lowest BCUT2D eigenvalue weighted by Gasteiger charge is -2.55. The molecule has 46 heavy (non-hydrogen) atoms. The summed E-state index contributed by atoms with van der Waals surface area (Å²) in [6.45, 7) is 3.10. The maximum atomic E-state index is 13.7. The number of hydrogen-bond acceptors (Lipinski definition) is 6. The highest BCUT2D eigenvalue weighted by atomic mass is 19.4. The van der Waals surface area contributed by atoms with Crippen molar-refractivity contribution in [3.05, 3.63) is 53.7 Å². The molecule has 3 aromatic rings. The molecule has 1 spiro atoms. The number of likely N-dealkylation sites (tertiary alicyclic amines) is 1. The number of ether oxygens (including phenoxy) is 2. The van der Waals surface area contributed by atoms with E-state index >= 15 is 0 Å². The Bertz CT molecular complexity index is 1600. The summed E-state index contributed by atoms with van der Waals surface area (Å²) in [5, 5.41) is 10.1. The number of benzene rings is 2. The molecule has 3 fully saturated rings. The zero-order chi connectivity index (χ0) is 32.3. The standard InChI is InChI=1S/C35H42F3N5O3/c1-39-33(44)24-9-14-30(32(18-24)45-2)40-16-4-6-27-19-28-29(7-3-8-31(28)43(27)22-35(36,37)38)41-25-10-12-26(13-11-25)42-20-34(21-42)15-5-17-46-23-34/h3,7-9,14,18-19,25-26,40-41H,5,10-13,15-17,20-23H2,1-2H3,(H,39,44)/t25-,26-. The molecule has 2 aliphatic heterocycles. The summed E-state index contributed by atoms with van der Waals surface area (Å²) in [5.41, 5.74) is 3.08. The predicted octanol–water partition coefficient (Wildman–Crippen LogP) is 5.87. The third-order valence-electron chi connectivity index (χ3n) is 9.61. The third-order valence-corrected chi connectivity index (χ3v) is 9.61. The highest BCUT2D eigenvalue weighted by Gasteiger charge is 2.46. The molecular formula is C35H42F3N5O3. The molecule has 6 rings (SSSR count).